The smallest absolute Gasteiger partial charge is 0.104 e. The molecule has 16 heavy (non-hydrogen) atoms. The maximum Gasteiger partial charge on any atom is 0.104 e. The van der Waals surface area contributed by atoms with Crippen LogP contribution in [-0.2, 0) is 0 Å². The van der Waals surface area contributed by atoms with Crippen molar-refractivity contribution in [2.45, 2.75) is 26.7 Å². The normalized spacial score (nSPS) is 10.2. The molecule has 88 valence electrons. The van der Waals surface area contributed by atoms with Crippen molar-refractivity contribution in [3.8, 4) is 0 Å². The fraction of sp³-hybridized carbons (Fsp3) is 0.462. The molecular formula is C13H20N2S. The predicted octanol–water partition coefficient (Wildman–Crippen LogP) is 2.87. The van der Waals surface area contributed by atoms with Gasteiger partial charge in [-0.15, -0.1) is 0 Å². The van der Waals surface area contributed by atoms with E-state index in [1.807, 2.05) is 13.0 Å². The fourth-order valence-corrected chi connectivity index (χ4v) is 1.92. The number of anilines is 1. The molecule has 1 aromatic rings. The molecule has 0 bridgehead atoms. The molecule has 0 aromatic heterocycles. The van der Waals surface area contributed by atoms with Crippen molar-refractivity contribution in [1.29, 1.82) is 0 Å². The van der Waals surface area contributed by atoms with Gasteiger partial charge in [0.2, 0.25) is 0 Å². The van der Waals surface area contributed by atoms with Crippen LogP contribution in [0.5, 0.6) is 0 Å². The first-order valence-electron chi connectivity index (χ1n) is 5.67. The number of rotatable bonds is 5. The molecule has 0 amide bonds. The number of nitrogens with two attached hydrogens (primary N) is 1. The van der Waals surface area contributed by atoms with Gasteiger partial charge in [0.25, 0.3) is 0 Å². The largest absolute Gasteiger partial charge is 0.389 e. The lowest BCUT2D eigenvalue weighted by molar-refractivity contribution is 0.766. The Bertz CT molecular complexity index is 374. The summed E-state index contributed by atoms with van der Waals surface area (Å²) in [5, 5.41) is 0. The number of unbranched alkanes of at least 4 members (excludes halogenated alkanes) is 1. The summed E-state index contributed by atoms with van der Waals surface area (Å²) in [6, 6.07) is 6.23. The van der Waals surface area contributed by atoms with Gasteiger partial charge in [0, 0.05) is 24.8 Å². The van der Waals surface area contributed by atoms with E-state index in [4.69, 9.17) is 18.0 Å². The number of hydrogen-bond acceptors (Lipinski definition) is 2. The summed E-state index contributed by atoms with van der Waals surface area (Å²) in [5.41, 5.74) is 8.99. The Kier molecular flexibility index (Phi) is 4.74. The molecule has 0 saturated heterocycles. The summed E-state index contributed by atoms with van der Waals surface area (Å²) in [7, 11) is 2.12. The molecule has 0 fully saturated rings. The molecule has 0 spiro atoms. The number of thiocarbonyl (C=S) groups is 1. The first kappa shape index (κ1) is 13.0. The zero-order valence-electron chi connectivity index (χ0n) is 10.3. The third kappa shape index (κ3) is 3.20. The van der Waals surface area contributed by atoms with Crippen LogP contribution in [0.2, 0.25) is 0 Å². The third-order valence-corrected chi connectivity index (χ3v) is 2.98. The zero-order valence-corrected chi connectivity index (χ0v) is 11.1. The van der Waals surface area contributed by atoms with Gasteiger partial charge in [0.05, 0.1) is 0 Å². The number of benzene rings is 1. The standard InChI is InChI=1S/C13H20N2S/c1-4-5-8-15(3)11-6-7-12(13(14)16)10(2)9-11/h6-7,9H,4-5,8H2,1-3H3,(H2,14,16). The summed E-state index contributed by atoms with van der Waals surface area (Å²) in [6.07, 6.45) is 2.43. The fourth-order valence-electron chi connectivity index (χ4n) is 1.69. The van der Waals surface area contributed by atoms with E-state index in [0.29, 0.717) is 4.99 Å². The lowest BCUT2D eigenvalue weighted by Crippen LogP contribution is -2.19. The van der Waals surface area contributed by atoms with Crippen molar-refractivity contribution in [1.82, 2.24) is 0 Å². The second-order valence-electron chi connectivity index (χ2n) is 4.14. The lowest BCUT2D eigenvalue weighted by Gasteiger charge is -2.20. The van der Waals surface area contributed by atoms with Crippen LogP contribution in [0.15, 0.2) is 18.2 Å². The van der Waals surface area contributed by atoms with E-state index in [-0.39, 0.29) is 0 Å². The number of hydrogen-bond donors (Lipinski definition) is 1. The molecule has 0 atom stereocenters. The molecule has 0 aliphatic rings. The highest BCUT2D eigenvalue weighted by Crippen LogP contribution is 2.18. The summed E-state index contributed by atoms with van der Waals surface area (Å²) >= 11 is 4.99. The molecule has 3 heteroatoms. The van der Waals surface area contributed by atoms with E-state index in [1.54, 1.807) is 0 Å². The first-order chi connectivity index (χ1) is 7.56. The van der Waals surface area contributed by atoms with Crippen molar-refractivity contribution in [2.75, 3.05) is 18.5 Å². The molecule has 0 heterocycles. The SMILES string of the molecule is CCCCN(C)c1ccc(C(N)=S)c(C)c1. The van der Waals surface area contributed by atoms with E-state index in [2.05, 4.69) is 31.0 Å². The highest BCUT2D eigenvalue weighted by Gasteiger charge is 2.05. The first-order valence-corrected chi connectivity index (χ1v) is 6.08. The Hall–Kier alpha value is -1.09. The highest BCUT2D eigenvalue weighted by atomic mass is 32.1. The van der Waals surface area contributed by atoms with E-state index in [1.165, 1.54) is 18.5 Å². The van der Waals surface area contributed by atoms with E-state index in [0.717, 1.165) is 17.7 Å². The second-order valence-corrected chi connectivity index (χ2v) is 4.58. The highest BCUT2D eigenvalue weighted by molar-refractivity contribution is 7.80. The molecule has 0 saturated carbocycles. The van der Waals surface area contributed by atoms with Crippen LogP contribution in [0, 0.1) is 6.92 Å². The van der Waals surface area contributed by atoms with Crippen molar-refractivity contribution >= 4 is 22.9 Å². The van der Waals surface area contributed by atoms with E-state index < -0.39 is 0 Å². The maximum atomic E-state index is 5.64. The monoisotopic (exact) mass is 236 g/mol. The van der Waals surface area contributed by atoms with Crippen LogP contribution < -0.4 is 10.6 Å². The summed E-state index contributed by atoms with van der Waals surface area (Å²) < 4.78 is 0. The second kappa shape index (κ2) is 5.85. The zero-order chi connectivity index (χ0) is 12.1. The Balaban J connectivity index is 2.84. The van der Waals surface area contributed by atoms with Gasteiger partial charge in [0.15, 0.2) is 0 Å². The van der Waals surface area contributed by atoms with Crippen molar-refractivity contribution < 1.29 is 0 Å². The van der Waals surface area contributed by atoms with E-state index >= 15 is 0 Å². The van der Waals surface area contributed by atoms with Gasteiger partial charge in [-0.1, -0.05) is 25.6 Å². The topological polar surface area (TPSA) is 29.3 Å². The molecular weight excluding hydrogens is 216 g/mol. The van der Waals surface area contributed by atoms with Gasteiger partial charge in [-0.25, -0.2) is 0 Å². The van der Waals surface area contributed by atoms with Crippen LogP contribution in [0.1, 0.15) is 30.9 Å². The average Bonchev–Trinajstić information content (AvgIpc) is 2.25. The Morgan fingerprint density at radius 3 is 2.62 bits per heavy atom. The molecule has 0 radical (unpaired) electrons. The molecule has 2 N–H and O–H groups in total. The van der Waals surface area contributed by atoms with Crippen LogP contribution in [0.25, 0.3) is 0 Å². The molecule has 0 unspecified atom stereocenters. The molecule has 0 aliphatic carbocycles. The van der Waals surface area contributed by atoms with Crippen molar-refractivity contribution in [3.63, 3.8) is 0 Å². The molecule has 1 aromatic carbocycles. The lowest BCUT2D eigenvalue weighted by atomic mass is 10.1. The van der Waals surface area contributed by atoms with Gasteiger partial charge >= 0.3 is 0 Å². The van der Waals surface area contributed by atoms with Gasteiger partial charge in [-0.05, 0) is 37.1 Å². The maximum absolute atomic E-state index is 5.64. The molecule has 0 aliphatic heterocycles. The van der Waals surface area contributed by atoms with Crippen molar-refractivity contribution in [3.05, 3.63) is 29.3 Å². The van der Waals surface area contributed by atoms with Crippen LogP contribution in [-0.4, -0.2) is 18.6 Å². The quantitative estimate of drug-likeness (QED) is 0.797. The van der Waals surface area contributed by atoms with E-state index in [9.17, 15) is 0 Å². The van der Waals surface area contributed by atoms with Gasteiger partial charge in [0.1, 0.15) is 4.99 Å². The summed E-state index contributed by atoms with van der Waals surface area (Å²) in [4.78, 5) is 2.74. The summed E-state index contributed by atoms with van der Waals surface area (Å²) in [5.74, 6) is 0. The summed E-state index contributed by atoms with van der Waals surface area (Å²) in [6.45, 7) is 5.34. The predicted molar refractivity (Wildman–Crippen MR) is 75.2 cm³/mol. The Morgan fingerprint density at radius 1 is 1.44 bits per heavy atom. The molecule has 2 nitrogen and oxygen atoms in total. The van der Waals surface area contributed by atoms with Gasteiger partial charge in [-0.3, -0.25) is 0 Å². The minimum atomic E-state index is 0.472. The Morgan fingerprint density at radius 2 is 2.12 bits per heavy atom. The van der Waals surface area contributed by atoms with Gasteiger partial charge < -0.3 is 10.6 Å². The average molecular weight is 236 g/mol. The van der Waals surface area contributed by atoms with Crippen molar-refractivity contribution in [2.24, 2.45) is 5.73 Å². The molecule has 1 rings (SSSR count). The number of nitrogens with zero attached hydrogens (tertiary/aromatic N) is 1. The van der Waals surface area contributed by atoms with Gasteiger partial charge in [-0.2, -0.15) is 0 Å². The number of aryl methyl sites for hydroxylation is 1. The van der Waals surface area contributed by atoms with Crippen LogP contribution in [0.4, 0.5) is 5.69 Å². The van der Waals surface area contributed by atoms with Crippen LogP contribution in [0.3, 0.4) is 0 Å². The minimum Gasteiger partial charge on any atom is -0.389 e. The minimum absolute atomic E-state index is 0.472. The Labute approximate surface area is 103 Å². The third-order valence-electron chi connectivity index (χ3n) is 2.76. The van der Waals surface area contributed by atoms with Crippen LogP contribution >= 0.6 is 12.2 Å².